The zero-order valence-corrected chi connectivity index (χ0v) is 20.9. The summed E-state index contributed by atoms with van der Waals surface area (Å²) in [6, 6.07) is 7.40. The van der Waals surface area contributed by atoms with E-state index in [1.807, 2.05) is 30.5 Å². The molecule has 30 heavy (non-hydrogen) atoms. The standard InChI is InChI=1S/C22H35N5O2.HI/c1-5-18(6-2)20-15-19(29-26-20)16-25-22(23-7-3)24-13-8-9-14-27-17(4)11-10-12-21(27)28;/h10-12,15,18H,5-9,13-14,16H2,1-4H3,(H2,23,24,25);1H. The van der Waals surface area contributed by atoms with Crippen LogP contribution >= 0.6 is 24.0 Å². The van der Waals surface area contributed by atoms with Gasteiger partial charge in [-0.25, -0.2) is 4.99 Å². The molecule has 0 radical (unpaired) electrons. The normalized spacial score (nSPS) is 11.4. The molecule has 0 amide bonds. The van der Waals surface area contributed by atoms with E-state index >= 15 is 0 Å². The van der Waals surface area contributed by atoms with Crippen molar-refractivity contribution >= 4 is 29.9 Å². The smallest absolute Gasteiger partial charge is 0.250 e. The Labute approximate surface area is 196 Å². The largest absolute Gasteiger partial charge is 0.359 e. The van der Waals surface area contributed by atoms with Crippen LogP contribution in [0.3, 0.4) is 0 Å². The minimum absolute atomic E-state index is 0. The van der Waals surface area contributed by atoms with Crippen LogP contribution in [0.1, 0.15) is 69.5 Å². The molecule has 0 bridgehead atoms. The zero-order chi connectivity index (χ0) is 21.1. The Balaban J connectivity index is 0.00000450. The number of hydrogen-bond donors (Lipinski definition) is 2. The van der Waals surface area contributed by atoms with Crippen molar-refractivity contribution in [2.75, 3.05) is 13.1 Å². The first-order valence-corrected chi connectivity index (χ1v) is 10.7. The Morgan fingerprint density at radius 3 is 2.63 bits per heavy atom. The highest BCUT2D eigenvalue weighted by Gasteiger charge is 2.12. The van der Waals surface area contributed by atoms with Crippen LogP contribution < -0.4 is 16.2 Å². The summed E-state index contributed by atoms with van der Waals surface area (Å²) in [4.78, 5) is 16.5. The maximum Gasteiger partial charge on any atom is 0.250 e. The van der Waals surface area contributed by atoms with Crippen LogP contribution in [-0.2, 0) is 13.1 Å². The van der Waals surface area contributed by atoms with Crippen LogP contribution in [0.4, 0.5) is 0 Å². The van der Waals surface area contributed by atoms with Crippen LogP contribution in [0.15, 0.2) is 38.6 Å². The van der Waals surface area contributed by atoms with Crippen molar-refractivity contribution < 1.29 is 4.52 Å². The average Bonchev–Trinajstić information content (AvgIpc) is 3.17. The molecule has 7 nitrogen and oxygen atoms in total. The van der Waals surface area contributed by atoms with Crippen molar-refractivity contribution in [1.82, 2.24) is 20.4 Å². The van der Waals surface area contributed by atoms with Crippen LogP contribution in [0.2, 0.25) is 0 Å². The summed E-state index contributed by atoms with van der Waals surface area (Å²) in [6.45, 7) is 11.1. The van der Waals surface area contributed by atoms with Gasteiger partial charge in [0.25, 0.3) is 5.56 Å². The second-order valence-corrected chi connectivity index (χ2v) is 7.22. The molecule has 8 heteroatoms. The molecule has 0 aromatic carbocycles. The van der Waals surface area contributed by atoms with Crippen molar-refractivity contribution in [2.24, 2.45) is 4.99 Å². The molecule has 0 unspecified atom stereocenters. The van der Waals surface area contributed by atoms with Gasteiger partial charge in [0, 0.05) is 43.4 Å². The molecule has 2 aromatic rings. The summed E-state index contributed by atoms with van der Waals surface area (Å²) < 4.78 is 7.27. The topological polar surface area (TPSA) is 84.4 Å². The Bertz CT molecular complexity index is 827. The minimum Gasteiger partial charge on any atom is -0.359 e. The molecular formula is C22H36IN5O2. The third-order valence-electron chi connectivity index (χ3n) is 5.09. The van der Waals surface area contributed by atoms with Gasteiger partial charge in [-0.15, -0.1) is 24.0 Å². The monoisotopic (exact) mass is 529 g/mol. The minimum atomic E-state index is 0. The number of hydrogen-bond acceptors (Lipinski definition) is 4. The Kier molecular flexibility index (Phi) is 12.4. The number of unbranched alkanes of at least 4 members (excludes halogenated alkanes) is 1. The van der Waals surface area contributed by atoms with Gasteiger partial charge >= 0.3 is 0 Å². The summed E-state index contributed by atoms with van der Waals surface area (Å²) in [5.74, 6) is 1.99. The molecule has 0 aliphatic rings. The molecule has 0 saturated heterocycles. The number of aryl methyl sites for hydroxylation is 1. The lowest BCUT2D eigenvalue weighted by Gasteiger charge is -2.12. The molecule has 2 rings (SSSR count). The quantitative estimate of drug-likeness (QED) is 0.197. The predicted molar refractivity (Wildman–Crippen MR) is 133 cm³/mol. The lowest BCUT2D eigenvalue weighted by Crippen LogP contribution is -2.37. The first-order valence-electron chi connectivity index (χ1n) is 10.7. The second-order valence-electron chi connectivity index (χ2n) is 7.22. The maximum absolute atomic E-state index is 11.9. The highest BCUT2D eigenvalue weighted by molar-refractivity contribution is 14.0. The van der Waals surface area contributed by atoms with Gasteiger partial charge in [-0.3, -0.25) is 4.79 Å². The number of nitrogens with zero attached hydrogens (tertiary/aromatic N) is 3. The van der Waals surface area contributed by atoms with Crippen LogP contribution in [0.5, 0.6) is 0 Å². The molecular weight excluding hydrogens is 493 g/mol. The predicted octanol–water partition coefficient (Wildman–Crippen LogP) is 4.20. The fourth-order valence-electron chi connectivity index (χ4n) is 3.31. The molecule has 0 fully saturated rings. The fraction of sp³-hybridized carbons (Fsp3) is 0.591. The van der Waals surface area contributed by atoms with E-state index in [4.69, 9.17) is 4.52 Å². The van der Waals surface area contributed by atoms with Crippen LogP contribution in [0.25, 0.3) is 0 Å². The highest BCUT2D eigenvalue weighted by atomic mass is 127. The molecule has 0 aliphatic carbocycles. The number of aromatic nitrogens is 2. The van der Waals surface area contributed by atoms with E-state index < -0.39 is 0 Å². The van der Waals surface area contributed by atoms with E-state index in [1.165, 1.54) is 0 Å². The first kappa shape index (κ1) is 26.2. The lowest BCUT2D eigenvalue weighted by atomic mass is 9.99. The van der Waals surface area contributed by atoms with E-state index in [0.717, 1.165) is 68.4 Å². The molecule has 2 heterocycles. The number of guanidine groups is 1. The van der Waals surface area contributed by atoms with Gasteiger partial charge in [-0.05, 0) is 45.6 Å². The third-order valence-corrected chi connectivity index (χ3v) is 5.09. The van der Waals surface area contributed by atoms with E-state index in [9.17, 15) is 4.79 Å². The number of rotatable bonds is 11. The maximum atomic E-state index is 11.9. The second kappa shape index (κ2) is 14.2. The SMILES string of the molecule is CCNC(=NCc1cc(C(CC)CC)no1)NCCCCn1c(C)cccc1=O.I. The molecule has 0 spiro atoms. The number of aliphatic imine (C=N–C) groups is 1. The van der Waals surface area contributed by atoms with Crippen molar-refractivity contribution in [1.29, 1.82) is 0 Å². The van der Waals surface area contributed by atoms with Gasteiger partial charge in [-0.1, -0.05) is 25.1 Å². The Hall–Kier alpha value is -1.84. The van der Waals surface area contributed by atoms with Gasteiger partial charge in [0.05, 0.1) is 5.69 Å². The van der Waals surface area contributed by atoms with Crippen molar-refractivity contribution in [3.05, 3.63) is 51.8 Å². The van der Waals surface area contributed by atoms with E-state index in [1.54, 1.807) is 12.1 Å². The number of nitrogens with one attached hydrogen (secondary N) is 2. The zero-order valence-electron chi connectivity index (χ0n) is 18.6. The van der Waals surface area contributed by atoms with Gasteiger partial charge in [0.2, 0.25) is 0 Å². The molecule has 2 N–H and O–H groups in total. The Morgan fingerprint density at radius 1 is 1.20 bits per heavy atom. The summed E-state index contributed by atoms with van der Waals surface area (Å²) in [5, 5.41) is 10.8. The lowest BCUT2D eigenvalue weighted by molar-refractivity contribution is 0.372. The highest BCUT2D eigenvalue weighted by Crippen LogP contribution is 2.22. The van der Waals surface area contributed by atoms with Crippen LogP contribution in [0, 0.1) is 6.92 Å². The van der Waals surface area contributed by atoms with E-state index in [-0.39, 0.29) is 29.5 Å². The summed E-state index contributed by atoms with van der Waals surface area (Å²) in [7, 11) is 0. The molecule has 0 aliphatic heterocycles. The van der Waals surface area contributed by atoms with Crippen molar-refractivity contribution in [2.45, 2.75) is 72.4 Å². The van der Waals surface area contributed by atoms with Gasteiger partial charge in [0.1, 0.15) is 6.54 Å². The first-order chi connectivity index (χ1) is 14.1. The Morgan fingerprint density at radius 2 is 1.97 bits per heavy atom. The summed E-state index contributed by atoms with van der Waals surface area (Å²) in [5.41, 5.74) is 2.08. The van der Waals surface area contributed by atoms with Crippen molar-refractivity contribution in [3.8, 4) is 0 Å². The average molecular weight is 529 g/mol. The van der Waals surface area contributed by atoms with E-state index in [2.05, 4.69) is 34.6 Å². The van der Waals surface area contributed by atoms with Crippen molar-refractivity contribution in [3.63, 3.8) is 0 Å². The molecule has 2 aromatic heterocycles. The number of halogens is 1. The molecule has 0 atom stereocenters. The third kappa shape index (κ3) is 8.12. The van der Waals surface area contributed by atoms with Crippen LogP contribution in [-0.4, -0.2) is 28.8 Å². The molecule has 168 valence electrons. The van der Waals surface area contributed by atoms with E-state index in [0.29, 0.717) is 12.5 Å². The summed E-state index contributed by atoms with van der Waals surface area (Å²) in [6.07, 6.45) is 4.00. The summed E-state index contributed by atoms with van der Waals surface area (Å²) >= 11 is 0. The molecule has 0 saturated carbocycles. The van der Waals surface area contributed by atoms with Gasteiger partial charge in [-0.2, -0.15) is 0 Å². The van der Waals surface area contributed by atoms with Gasteiger partial charge in [0.15, 0.2) is 11.7 Å². The van der Waals surface area contributed by atoms with Gasteiger partial charge < -0.3 is 19.7 Å². The number of pyridine rings is 1. The fourth-order valence-corrected chi connectivity index (χ4v) is 3.31.